The highest BCUT2D eigenvalue weighted by Crippen LogP contribution is 2.49. The molecule has 1 fully saturated rings. The van der Waals surface area contributed by atoms with Crippen molar-refractivity contribution in [2.75, 3.05) is 38.7 Å². The van der Waals surface area contributed by atoms with Crippen molar-refractivity contribution in [3.63, 3.8) is 0 Å². The van der Waals surface area contributed by atoms with Crippen LogP contribution in [-0.2, 0) is 26.5 Å². The number of hydrogen-bond donors (Lipinski definition) is 2. The lowest BCUT2D eigenvalue weighted by Gasteiger charge is -2.48. The molecule has 1 heterocycles. The number of benzene rings is 2. The Morgan fingerprint density at radius 2 is 1.93 bits per heavy atom. The Kier molecular flexibility index (Phi) is 9.46. The minimum absolute atomic E-state index is 0.0181. The van der Waals surface area contributed by atoms with Gasteiger partial charge >= 0.3 is 0 Å². The van der Waals surface area contributed by atoms with Crippen LogP contribution < -0.4 is 15.4 Å². The molecule has 0 radical (unpaired) electrons. The lowest BCUT2D eigenvalue weighted by atomic mass is 9.68. The van der Waals surface area contributed by atoms with E-state index in [4.69, 9.17) is 10.5 Å². The van der Waals surface area contributed by atoms with Gasteiger partial charge in [-0.2, -0.15) is 0 Å². The number of ether oxygens (including phenoxy) is 1. The molecule has 0 bridgehead atoms. The van der Waals surface area contributed by atoms with Gasteiger partial charge in [0.1, 0.15) is 17.6 Å². The molecule has 1 spiro atoms. The van der Waals surface area contributed by atoms with E-state index < -0.39 is 43.7 Å². The van der Waals surface area contributed by atoms with Gasteiger partial charge in [-0.15, -0.1) is 13.2 Å². The molecule has 6 atom stereocenters. The molecule has 0 saturated heterocycles. The Labute approximate surface area is 266 Å². The first-order valence-electron chi connectivity index (χ1n) is 15.7. The zero-order valence-corrected chi connectivity index (χ0v) is 27.0. The summed E-state index contributed by atoms with van der Waals surface area (Å²) in [5.41, 5.74) is 7.59. The third-order valence-corrected chi connectivity index (χ3v) is 12.9. The summed E-state index contributed by atoms with van der Waals surface area (Å²) in [5.74, 6) is -0.352. The van der Waals surface area contributed by atoms with Crippen LogP contribution in [0.4, 0.5) is 5.69 Å². The highest BCUT2D eigenvalue weighted by Gasteiger charge is 2.56. The van der Waals surface area contributed by atoms with Gasteiger partial charge in [0, 0.05) is 32.7 Å². The summed E-state index contributed by atoms with van der Waals surface area (Å²) < 4.78 is 36.3. The fourth-order valence-corrected chi connectivity index (χ4v) is 10.3. The van der Waals surface area contributed by atoms with E-state index in [1.807, 2.05) is 24.3 Å². The van der Waals surface area contributed by atoms with Crippen LogP contribution in [0.1, 0.15) is 53.6 Å². The number of allylic oxidation sites excluding steroid dienone is 1. The summed E-state index contributed by atoms with van der Waals surface area (Å²) in [6.07, 6.45) is 5.74. The maximum Gasteiger partial charge on any atom is 0.248 e. The molecule has 0 aromatic heterocycles. The van der Waals surface area contributed by atoms with Crippen LogP contribution in [0.15, 0.2) is 67.8 Å². The number of amides is 2. The maximum absolute atomic E-state index is 14.9. The first kappa shape index (κ1) is 32.8. The van der Waals surface area contributed by atoms with Crippen molar-refractivity contribution in [3.05, 3.63) is 84.5 Å². The van der Waals surface area contributed by atoms with Gasteiger partial charge in [-0.3, -0.25) is 9.59 Å². The number of hydrogen-bond acceptors (Lipinski definition) is 7. The number of sulfone groups is 1. The number of aliphatic hydroxyl groups is 1. The monoisotopic (exact) mass is 635 g/mol. The van der Waals surface area contributed by atoms with Crippen LogP contribution in [0.25, 0.3) is 0 Å². The van der Waals surface area contributed by atoms with Gasteiger partial charge in [0.15, 0.2) is 9.84 Å². The summed E-state index contributed by atoms with van der Waals surface area (Å²) in [5, 5.41) is 8.51. The van der Waals surface area contributed by atoms with Crippen molar-refractivity contribution >= 4 is 27.3 Å². The second-order valence-electron chi connectivity index (χ2n) is 13.0. The van der Waals surface area contributed by atoms with Gasteiger partial charge in [-0.05, 0) is 79.7 Å². The molecule has 3 N–H and O–H groups in total. The van der Waals surface area contributed by atoms with E-state index >= 15 is 0 Å². The molecule has 45 heavy (non-hydrogen) atoms. The lowest BCUT2D eigenvalue weighted by Crippen LogP contribution is -2.60. The zero-order chi connectivity index (χ0) is 32.5. The molecule has 10 heteroatoms. The van der Waals surface area contributed by atoms with Crippen molar-refractivity contribution in [2.24, 2.45) is 17.6 Å². The Balaban J connectivity index is 1.67. The van der Waals surface area contributed by atoms with E-state index in [-0.39, 0.29) is 31.4 Å². The normalized spacial score (nSPS) is 25.4. The molecule has 242 valence electrons. The van der Waals surface area contributed by atoms with Crippen LogP contribution in [0.3, 0.4) is 0 Å². The summed E-state index contributed by atoms with van der Waals surface area (Å²) in [4.78, 5) is 29.2. The van der Waals surface area contributed by atoms with Crippen molar-refractivity contribution < 1.29 is 27.9 Å². The largest absolute Gasteiger partial charge is 0.490 e. The number of aliphatic hydroxyl groups excluding tert-OH is 1. The maximum atomic E-state index is 14.9. The fourth-order valence-electron chi connectivity index (χ4n) is 7.59. The molecule has 2 aliphatic carbocycles. The predicted octanol–water partition coefficient (Wildman–Crippen LogP) is 3.65. The smallest absolute Gasteiger partial charge is 0.248 e. The van der Waals surface area contributed by atoms with Crippen LogP contribution in [0.2, 0.25) is 0 Å². The fraction of sp³-hybridized carbons (Fsp3) is 0.486. The quantitative estimate of drug-likeness (QED) is 0.361. The van der Waals surface area contributed by atoms with Crippen molar-refractivity contribution in [1.82, 2.24) is 4.90 Å². The van der Waals surface area contributed by atoms with Crippen LogP contribution in [-0.4, -0.2) is 80.6 Å². The van der Waals surface area contributed by atoms with Gasteiger partial charge in [-0.25, -0.2) is 8.42 Å². The number of rotatable bonds is 11. The average Bonchev–Trinajstić information content (AvgIpc) is 3.16. The third kappa shape index (κ3) is 6.02. The average molecular weight is 636 g/mol. The zero-order valence-electron chi connectivity index (χ0n) is 26.2. The van der Waals surface area contributed by atoms with Gasteiger partial charge in [0.25, 0.3) is 0 Å². The van der Waals surface area contributed by atoms with E-state index in [2.05, 4.69) is 18.1 Å². The van der Waals surface area contributed by atoms with Crippen molar-refractivity contribution in [1.29, 1.82) is 0 Å². The topological polar surface area (TPSA) is 130 Å². The SMILES string of the molecule is C=CCC[C@H](C(=O)N(C)C)S(=O)(=O)C1CCc2ccccc2C12COc1ccc(C(N)=O)cc1N(C[C@@H]1CC[C@H]1[C@@H](O)C=C)C2. The van der Waals surface area contributed by atoms with E-state index in [9.17, 15) is 23.1 Å². The number of anilines is 1. The molecule has 2 amide bonds. The lowest BCUT2D eigenvalue weighted by molar-refractivity contribution is -0.128. The molecular weight excluding hydrogens is 590 g/mol. The predicted molar refractivity (Wildman–Crippen MR) is 176 cm³/mol. The first-order valence-corrected chi connectivity index (χ1v) is 17.3. The van der Waals surface area contributed by atoms with Crippen molar-refractivity contribution in [3.8, 4) is 5.75 Å². The number of nitrogens with two attached hydrogens (primary N) is 1. The second-order valence-corrected chi connectivity index (χ2v) is 15.3. The minimum atomic E-state index is -4.06. The number of nitrogens with zero attached hydrogens (tertiary/aromatic N) is 2. The van der Waals surface area contributed by atoms with Gasteiger partial charge in [-0.1, -0.05) is 36.4 Å². The van der Waals surface area contributed by atoms with Crippen LogP contribution in [0.5, 0.6) is 5.75 Å². The molecule has 2 aromatic rings. The molecule has 9 nitrogen and oxygen atoms in total. The number of aryl methyl sites for hydroxylation is 1. The third-order valence-electron chi connectivity index (χ3n) is 10.1. The highest BCUT2D eigenvalue weighted by atomic mass is 32.2. The van der Waals surface area contributed by atoms with Gasteiger partial charge < -0.3 is 25.4 Å². The Hall–Kier alpha value is -3.63. The molecule has 2 aromatic carbocycles. The Bertz CT molecular complexity index is 1570. The summed E-state index contributed by atoms with van der Waals surface area (Å²) >= 11 is 0. The standard InChI is InChI=1S/C35H45N3O6S/c1-5-7-12-31(34(41)37(3)4)45(42,43)32-18-15-23-10-8-9-11-27(23)35(32)21-38(20-25-13-16-26(25)29(39)6-2)28-19-24(33(36)40)14-17-30(28)44-22-35/h5-6,8-11,14,17,19,25-26,29,31-32,39H,1-2,7,12-13,15-16,18,20-22H2,3-4H3,(H2,36,40)/t25-,26+,29-,31+,32?,35?/m0/s1. The summed E-state index contributed by atoms with van der Waals surface area (Å²) in [6, 6.07) is 13.0. The van der Waals surface area contributed by atoms with Gasteiger partial charge in [0.05, 0.1) is 22.5 Å². The molecule has 1 saturated carbocycles. The number of carbonyl (C=O) groups excluding carboxylic acids is 2. The van der Waals surface area contributed by atoms with Crippen LogP contribution in [0, 0.1) is 11.8 Å². The van der Waals surface area contributed by atoms with Crippen LogP contribution >= 0.6 is 0 Å². The van der Waals surface area contributed by atoms with Crippen molar-refractivity contribution in [2.45, 2.75) is 60.5 Å². The second kappa shape index (κ2) is 13.0. The molecule has 2 unspecified atom stereocenters. The Morgan fingerprint density at radius 3 is 2.58 bits per heavy atom. The van der Waals surface area contributed by atoms with E-state index in [1.165, 1.54) is 4.90 Å². The summed E-state index contributed by atoms with van der Waals surface area (Å²) in [7, 11) is -0.893. The summed E-state index contributed by atoms with van der Waals surface area (Å²) in [6.45, 7) is 8.42. The highest BCUT2D eigenvalue weighted by molar-refractivity contribution is 7.93. The van der Waals surface area contributed by atoms with E-state index in [0.717, 1.165) is 24.0 Å². The van der Waals surface area contributed by atoms with E-state index in [1.54, 1.807) is 44.4 Å². The number of primary amides is 1. The van der Waals surface area contributed by atoms with Gasteiger partial charge in [0.2, 0.25) is 11.8 Å². The molecule has 5 rings (SSSR count). The number of fused-ring (bicyclic) bond motifs is 3. The Morgan fingerprint density at radius 1 is 1.18 bits per heavy atom. The molecule has 3 aliphatic rings. The molecule has 1 aliphatic heterocycles. The minimum Gasteiger partial charge on any atom is -0.490 e. The first-order chi connectivity index (χ1) is 21.4. The molecular formula is C35H45N3O6S. The number of carbonyl (C=O) groups is 2. The van der Waals surface area contributed by atoms with E-state index in [0.29, 0.717) is 42.8 Å².